The fraction of sp³-hybridized carbons (Fsp3) is 0.538. The fourth-order valence-electron chi connectivity index (χ4n) is 2.57. The van der Waals surface area contributed by atoms with Crippen LogP contribution in [0.15, 0.2) is 23.1 Å². The maximum absolute atomic E-state index is 12.3. The maximum atomic E-state index is 12.3. The molecule has 0 radical (unpaired) electrons. The van der Waals surface area contributed by atoms with Gasteiger partial charge in [0.05, 0.1) is 11.5 Å². The number of hydrogen-bond acceptors (Lipinski definition) is 4. The zero-order valence-electron chi connectivity index (χ0n) is 11.1. The molecule has 1 fully saturated rings. The summed E-state index contributed by atoms with van der Waals surface area (Å²) in [4.78, 5) is 0.335. The highest BCUT2D eigenvalue weighted by atomic mass is 35.5. The zero-order chi connectivity index (χ0) is 13.3. The quantitative estimate of drug-likeness (QED) is 0.875. The summed E-state index contributed by atoms with van der Waals surface area (Å²) in [5.41, 5.74) is 0.977. The summed E-state index contributed by atoms with van der Waals surface area (Å²) in [7, 11) is -3.43. The molecule has 0 aliphatic carbocycles. The number of halogens is 1. The fourth-order valence-corrected chi connectivity index (χ4v) is 3.89. The van der Waals surface area contributed by atoms with Gasteiger partial charge in [0.25, 0.3) is 0 Å². The van der Waals surface area contributed by atoms with E-state index in [-0.39, 0.29) is 18.4 Å². The normalized spacial score (nSPS) is 21.7. The number of rotatable bonds is 3. The molecular weight excluding hydrogens is 300 g/mol. The number of fused-ring (bicyclic) bond motifs is 1. The van der Waals surface area contributed by atoms with Crippen LogP contribution >= 0.6 is 12.4 Å². The van der Waals surface area contributed by atoms with Crippen molar-refractivity contribution in [2.24, 2.45) is 0 Å². The molecule has 3 rings (SSSR count). The van der Waals surface area contributed by atoms with Crippen molar-refractivity contribution in [1.29, 1.82) is 0 Å². The summed E-state index contributed by atoms with van der Waals surface area (Å²) in [6.07, 6.45) is 2.68. The molecule has 0 unspecified atom stereocenters. The van der Waals surface area contributed by atoms with Gasteiger partial charge in [-0.25, -0.2) is 13.1 Å². The molecule has 0 amide bonds. The van der Waals surface area contributed by atoms with Gasteiger partial charge in [-0.15, -0.1) is 12.4 Å². The molecule has 1 saturated heterocycles. The second-order valence-electron chi connectivity index (χ2n) is 5.03. The van der Waals surface area contributed by atoms with Gasteiger partial charge in [0.15, 0.2) is 0 Å². The largest absolute Gasteiger partial charge is 0.493 e. The Kier molecular flexibility index (Phi) is 4.90. The summed E-state index contributed by atoms with van der Waals surface area (Å²) < 4.78 is 32.8. The van der Waals surface area contributed by atoms with E-state index in [1.54, 1.807) is 18.2 Å². The van der Waals surface area contributed by atoms with E-state index in [2.05, 4.69) is 10.0 Å². The molecule has 0 spiro atoms. The van der Waals surface area contributed by atoms with Crippen LogP contribution in [0.4, 0.5) is 0 Å². The lowest BCUT2D eigenvalue weighted by atomic mass is 10.1. The zero-order valence-corrected chi connectivity index (χ0v) is 12.7. The van der Waals surface area contributed by atoms with E-state index < -0.39 is 10.0 Å². The molecule has 2 heterocycles. The van der Waals surface area contributed by atoms with Crippen molar-refractivity contribution >= 4 is 22.4 Å². The number of sulfonamides is 1. The van der Waals surface area contributed by atoms with Gasteiger partial charge >= 0.3 is 0 Å². The smallest absolute Gasteiger partial charge is 0.240 e. The molecule has 2 aliphatic rings. The highest BCUT2D eigenvalue weighted by Crippen LogP contribution is 2.27. The second-order valence-corrected chi connectivity index (χ2v) is 6.75. The number of ether oxygens (including phenoxy) is 1. The Bertz CT molecular complexity index is 571. The minimum atomic E-state index is -3.43. The first kappa shape index (κ1) is 15.6. The molecule has 0 saturated carbocycles. The van der Waals surface area contributed by atoms with Crippen LogP contribution in [0.2, 0.25) is 0 Å². The number of benzene rings is 1. The van der Waals surface area contributed by atoms with Gasteiger partial charge in [-0.05, 0) is 43.1 Å². The molecule has 7 heteroatoms. The average Bonchev–Trinajstić information content (AvgIpc) is 2.86. The van der Waals surface area contributed by atoms with E-state index in [1.807, 2.05) is 0 Å². The number of nitrogens with one attached hydrogen (secondary N) is 2. The number of piperidine rings is 1. The molecule has 1 aromatic rings. The predicted octanol–water partition coefficient (Wildman–Crippen LogP) is 1.07. The standard InChI is InChI=1S/C13H18N2O3S.ClH/c16-19(17,15-11-2-1-6-14-9-11)12-3-4-13-10(8-12)5-7-18-13;/h3-4,8,11,14-15H,1-2,5-7,9H2;1H/t11-;/m0./s1. The van der Waals surface area contributed by atoms with E-state index in [0.29, 0.717) is 18.0 Å². The molecular formula is C13H19ClN2O3S. The first-order chi connectivity index (χ1) is 9.15. The van der Waals surface area contributed by atoms with Crippen molar-refractivity contribution < 1.29 is 13.2 Å². The Hall–Kier alpha value is -0.820. The Morgan fingerprint density at radius 2 is 2.20 bits per heavy atom. The Balaban J connectivity index is 0.00000147. The lowest BCUT2D eigenvalue weighted by Crippen LogP contribution is -2.45. The van der Waals surface area contributed by atoms with Crippen molar-refractivity contribution in [3.05, 3.63) is 23.8 Å². The molecule has 2 N–H and O–H groups in total. The molecule has 112 valence electrons. The van der Waals surface area contributed by atoms with E-state index in [0.717, 1.165) is 37.1 Å². The van der Waals surface area contributed by atoms with Crippen LogP contribution in [-0.4, -0.2) is 34.2 Å². The molecule has 5 nitrogen and oxygen atoms in total. The molecule has 0 aromatic heterocycles. The van der Waals surface area contributed by atoms with E-state index >= 15 is 0 Å². The van der Waals surface area contributed by atoms with Crippen LogP contribution in [0, 0.1) is 0 Å². The summed E-state index contributed by atoms with van der Waals surface area (Å²) in [6.45, 7) is 2.31. The van der Waals surface area contributed by atoms with E-state index in [4.69, 9.17) is 4.74 Å². The van der Waals surface area contributed by atoms with E-state index in [1.165, 1.54) is 0 Å². The second kappa shape index (κ2) is 6.30. The van der Waals surface area contributed by atoms with Gasteiger partial charge in [-0.1, -0.05) is 0 Å². The van der Waals surface area contributed by atoms with Crippen molar-refractivity contribution in [2.45, 2.75) is 30.2 Å². The van der Waals surface area contributed by atoms with Gasteiger partial charge in [-0.3, -0.25) is 0 Å². The molecule has 2 aliphatic heterocycles. The van der Waals surface area contributed by atoms with Crippen molar-refractivity contribution in [3.63, 3.8) is 0 Å². The van der Waals surface area contributed by atoms with Crippen LogP contribution in [0.1, 0.15) is 18.4 Å². The Morgan fingerprint density at radius 3 is 2.95 bits per heavy atom. The minimum absolute atomic E-state index is 0. The summed E-state index contributed by atoms with van der Waals surface area (Å²) in [5, 5.41) is 3.20. The van der Waals surface area contributed by atoms with Gasteiger partial charge in [0, 0.05) is 19.0 Å². The topological polar surface area (TPSA) is 67.4 Å². The lowest BCUT2D eigenvalue weighted by molar-refractivity contribution is 0.356. The first-order valence-electron chi connectivity index (χ1n) is 6.64. The summed E-state index contributed by atoms with van der Waals surface area (Å²) >= 11 is 0. The van der Waals surface area contributed by atoms with Gasteiger partial charge in [0.1, 0.15) is 5.75 Å². The van der Waals surface area contributed by atoms with Crippen LogP contribution < -0.4 is 14.8 Å². The lowest BCUT2D eigenvalue weighted by Gasteiger charge is -2.23. The highest BCUT2D eigenvalue weighted by molar-refractivity contribution is 7.89. The Morgan fingerprint density at radius 1 is 1.35 bits per heavy atom. The van der Waals surface area contributed by atoms with Crippen molar-refractivity contribution in [1.82, 2.24) is 10.0 Å². The van der Waals surface area contributed by atoms with Crippen molar-refractivity contribution in [3.8, 4) is 5.75 Å². The SMILES string of the molecule is Cl.O=S(=O)(N[C@H]1CCCNC1)c1ccc2c(c1)CCO2. The third-order valence-corrected chi connectivity index (χ3v) is 5.11. The molecule has 1 aromatic carbocycles. The minimum Gasteiger partial charge on any atom is -0.493 e. The number of hydrogen-bond donors (Lipinski definition) is 2. The molecule has 1 atom stereocenters. The van der Waals surface area contributed by atoms with Crippen LogP contribution in [0.3, 0.4) is 0 Å². The monoisotopic (exact) mass is 318 g/mol. The summed E-state index contributed by atoms with van der Waals surface area (Å²) in [5.74, 6) is 0.804. The van der Waals surface area contributed by atoms with Gasteiger partial charge in [0.2, 0.25) is 10.0 Å². The average molecular weight is 319 g/mol. The molecule has 0 bridgehead atoms. The first-order valence-corrected chi connectivity index (χ1v) is 8.12. The third-order valence-electron chi connectivity index (χ3n) is 3.59. The van der Waals surface area contributed by atoms with Crippen molar-refractivity contribution in [2.75, 3.05) is 19.7 Å². The van der Waals surface area contributed by atoms with Crippen LogP contribution in [0.5, 0.6) is 5.75 Å². The van der Waals surface area contributed by atoms with E-state index in [9.17, 15) is 8.42 Å². The third kappa shape index (κ3) is 3.25. The van der Waals surface area contributed by atoms with Crippen LogP contribution in [0.25, 0.3) is 0 Å². The van der Waals surface area contributed by atoms with Crippen LogP contribution in [-0.2, 0) is 16.4 Å². The van der Waals surface area contributed by atoms with Gasteiger partial charge < -0.3 is 10.1 Å². The Labute approximate surface area is 125 Å². The maximum Gasteiger partial charge on any atom is 0.240 e. The molecule has 20 heavy (non-hydrogen) atoms. The predicted molar refractivity (Wildman–Crippen MR) is 79.1 cm³/mol. The highest BCUT2D eigenvalue weighted by Gasteiger charge is 2.23. The van der Waals surface area contributed by atoms with Gasteiger partial charge in [-0.2, -0.15) is 0 Å². The summed E-state index contributed by atoms with van der Waals surface area (Å²) in [6, 6.07) is 5.07.